The first kappa shape index (κ1) is 15.2. The molecule has 0 bridgehead atoms. The molecule has 2 aliphatic rings. The van der Waals surface area contributed by atoms with Crippen LogP contribution in [0.1, 0.15) is 44.2 Å². The van der Waals surface area contributed by atoms with Crippen molar-refractivity contribution in [1.29, 1.82) is 0 Å². The predicted octanol–water partition coefficient (Wildman–Crippen LogP) is 2.59. The van der Waals surface area contributed by atoms with Gasteiger partial charge in [-0.25, -0.2) is 0 Å². The Kier molecular flexibility index (Phi) is 4.83. The van der Waals surface area contributed by atoms with Gasteiger partial charge in [0.1, 0.15) is 0 Å². The minimum absolute atomic E-state index is 0.0338. The van der Waals surface area contributed by atoms with E-state index in [0.717, 1.165) is 42.9 Å². The molecule has 120 valence electrons. The normalized spacial score (nSPS) is 22.0. The molecule has 5 heteroatoms. The number of amides is 1. The van der Waals surface area contributed by atoms with Crippen molar-refractivity contribution in [2.45, 2.75) is 44.8 Å². The Labute approximate surface area is 130 Å². The van der Waals surface area contributed by atoms with Gasteiger partial charge in [0, 0.05) is 13.0 Å². The van der Waals surface area contributed by atoms with Crippen LogP contribution in [0.25, 0.3) is 0 Å². The highest BCUT2D eigenvalue weighted by molar-refractivity contribution is 5.77. The van der Waals surface area contributed by atoms with Gasteiger partial charge in [0.2, 0.25) is 5.91 Å². The maximum atomic E-state index is 12.1. The number of hydrogen-bond acceptors (Lipinski definition) is 4. The van der Waals surface area contributed by atoms with Crippen molar-refractivity contribution in [3.63, 3.8) is 0 Å². The Hall–Kier alpha value is -1.75. The SMILES string of the molecule is C[C@H](NC(=O)C[C@H]1CCCO1)c1ccc2c(c1)OCCCO2. The largest absolute Gasteiger partial charge is 0.490 e. The third-order valence-electron chi connectivity index (χ3n) is 4.09. The summed E-state index contributed by atoms with van der Waals surface area (Å²) in [6.07, 6.45) is 3.43. The van der Waals surface area contributed by atoms with Gasteiger partial charge in [-0.2, -0.15) is 0 Å². The lowest BCUT2D eigenvalue weighted by atomic mass is 10.1. The van der Waals surface area contributed by atoms with Gasteiger partial charge in [-0.15, -0.1) is 0 Å². The van der Waals surface area contributed by atoms with Gasteiger partial charge >= 0.3 is 0 Å². The van der Waals surface area contributed by atoms with Crippen molar-refractivity contribution in [3.8, 4) is 11.5 Å². The van der Waals surface area contributed by atoms with Crippen LogP contribution in [0, 0.1) is 0 Å². The molecule has 1 aromatic rings. The van der Waals surface area contributed by atoms with Gasteiger partial charge in [-0.3, -0.25) is 4.79 Å². The van der Waals surface area contributed by atoms with Crippen molar-refractivity contribution >= 4 is 5.91 Å². The third kappa shape index (κ3) is 3.71. The molecule has 22 heavy (non-hydrogen) atoms. The van der Waals surface area contributed by atoms with Crippen molar-refractivity contribution in [3.05, 3.63) is 23.8 Å². The Morgan fingerprint density at radius 2 is 2.05 bits per heavy atom. The molecule has 0 radical (unpaired) electrons. The fourth-order valence-corrected chi connectivity index (χ4v) is 2.85. The summed E-state index contributed by atoms with van der Waals surface area (Å²) in [6, 6.07) is 5.78. The molecule has 2 heterocycles. The summed E-state index contributed by atoms with van der Waals surface area (Å²) < 4.78 is 16.8. The molecule has 0 aliphatic carbocycles. The second-order valence-corrected chi connectivity index (χ2v) is 5.89. The lowest BCUT2D eigenvalue weighted by molar-refractivity contribution is -0.123. The molecule has 1 aromatic carbocycles. The van der Waals surface area contributed by atoms with Crippen LogP contribution in [0.3, 0.4) is 0 Å². The quantitative estimate of drug-likeness (QED) is 0.929. The number of benzene rings is 1. The maximum absolute atomic E-state index is 12.1. The zero-order valence-electron chi connectivity index (χ0n) is 13.0. The van der Waals surface area contributed by atoms with Crippen molar-refractivity contribution in [2.75, 3.05) is 19.8 Å². The second kappa shape index (κ2) is 7.01. The smallest absolute Gasteiger partial charge is 0.223 e. The fraction of sp³-hybridized carbons (Fsp3) is 0.588. The van der Waals surface area contributed by atoms with E-state index in [2.05, 4.69) is 5.32 Å². The topological polar surface area (TPSA) is 56.8 Å². The number of nitrogens with one attached hydrogen (secondary N) is 1. The molecule has 1 amide bonds. The average molecular weight is 305 g/mol. The highest BCUT2D eigenvalue weighted by Crippen LogP contribution is 2.32. The molecule has 2 aliphatic heterocycles. The van der Waals surface area contributed by atoms with Crippen LogP contribution in [-0.4, -0.2) is 31.8 Å². The molecule has 0 spiro atoms. The number of fused-ring (bicyclic) bond motifs is 1. The summed E-state index contributed by atoms with van der Waals surface area (Å²) in [4.78, 5) is 12.1. The van der Waals surface area contributed by atoms with E-state index < -0.39 is 0 Å². The van der Waals surface area contributed by atoms with E-state index in [1.165, 1.54) is 0 Å². The average Bonchev–Trinajstić information content (AvgIpc) is 2.89. The Morgan fingerprint density at radius 1 is 1.23 bits per heavy atom. The highest BCUT2D eigenvalue weighted by Gasteiger charge is 2.21. The molecule has 3 rings (SSSR count). The van der Waals surface area contributed by atoms with Crippen LogP contribution in [-0.2, 0) is 9.53 Å². The Bertz CT molecular complexity index is 525. The van der Waals surface area contributed by atoms with E-state index in [9.17, 15) is 4.79 Å². The Balaban J connectivity index is 1.60. The summed E-state index contributed by atoms with van der Waals surface area (Å²) in [6.45, 7) is 4.10. The first-order valence-electron chi connectivity index (χ1n) is 8.03. The summed E-state index contributed by atoms with van der Waals surface area (Å²) in [5, 5.41) is 3.03. The molecule has 0 aromatic heterocycles. The number of ether oxygens (including phenoxy) is 3. The van der Waals surface area contributed by atoms with Crippen LogP contribution < -0.4 is 14.8 Å². The fourth-order valence-electron chi connectivity index (χ4n) is 2.85. The number of rotatable bonds is 4. The van der Waals surface area contributed by atoms with Crippen LogP contribution in [0.2, 0.25) is 0 Å². The molecular formula is C17H23NO4. The van der Waals surface area contributed by atoms with Crippen molar-refractivity contribution in [2.24, 2.45) is 0 Å². The molecule has 1 fully saturated rings. The first-order valence-corrected chi connectivity index (χ1v) is 8.03. The molecule has 0 unspecified atom stereocenters. The summed E-state index contributed by atoms with van der Waals surface area (Å²) >= 11 is 0. The molecule has 5 nitrogen and oxygen atoms in total. The summed E-state index contributed by atoms with van der Waals surface area (Å²) in [7, 11) is 0. The standard InChI is InChI=1S/C17H23NO4/c1-12(18-17(19)11-14-4-2-7-20-14)13-5-6-15-16(10-13)22-9-3-8-21-15/h5-6,10,12,14H,2-4,7-9,11H2,1H3,(H,18,19)/t12-,14+/m0/s1. The summed E-state index contributed by atoms with van der Waals surface area (Å²) in [5.41, 5.74) is 1.02. The number of carbonyl (C=O) groups is 1. The Morgan fingerprint density at radius 3 is 2.82 bits per heavy atom. The lowest BCUT2D eigenvalue weighted by Crippen LogP contribution is -2.29. The van der Waals surface area contributed by atoms with Gasteiger partial charge in [-0.1, -0.05) is 6.07 Å². The number of carbonyl (C=O) groups excluding carboxylic acids is 1. The van der Waals surface area contributed by atoms with Gasteiger partial charge < -0.3 is 19.5 Å². The van der Waals surface area contributed by atoms with Gasteiger partial charge in [-0.05, 0) is 37.5 Å². The highest BCUT2D eigenvalue weighted by atomic mass is 16.5. The zero-order chi connectivity index (χ0) is 15.4. The van der Waals surface area contributed by atoms with E-state index in [0.29, 0.717) is 19.6 Å². The molecule has 2 atom stereocenters. The summed E-state index contributed by atoms with van der Waals surface area (Å²) in [5.74, 6) is 1.57. The van der Waals surface area contributed by atoms with E-state index >= 15 is 0 Å². The van der Waals surface area contributed by atoms with Crippen LogP contribution >= 0.6 is 0 Å². The predicted molar refractivity (Wildman–Crippen MR) is 82.2 cm³/mol. The van der Waals surface area contributed by atoms with Crippen molar-refractivity contribution in [1.82, 2.24) is 5.32 Å². The minimum atomic E-state index is -0.0638. The van der Waals surface area contributed by atoms with Gasteiger partial charge in [0.15, 0.2) is 11.5 Å². The molecular weight excluding hydrogens is 282 g/mol. The maximum Gasteiger partial charge on any atom is 0.223 e. The van der Waals surface area contributed by atoms with Crippen molar-refractivity contribution < 1.29 is 19.0 Å². The van der Waals surface area contributed by atoms with Gasteiger partial charge in [0.25, 0.3) is 0 Å². The molecule has 0 saturated carbocycles. The van der Waals surface area contributed by atoms with Crippen LogP contribution in [0.15, 0.2) is 18.2 Å². The minimum Gasteiger partial charge on any atom is -0.490 e. The third-order valence-corrected chi connectivity index (χ3v) is 4.09. The van der Waals surface area contributed by atoms with E-state index in [1.54, 1.807) is 0 Å². The van der Waals surface area contributed by atoms with Crippen LogP contribution in [0.4, 0.5) is 0 Å². The monoisotopic (exact) mass is 305 g/mol. The molecule has 1 N–H and O–H groups in total. The second-order valence-electron chi connectivity index (χ2n) is 5.89. The van der Waals surface area contributed by atoms with E-state index in [4.69, 9.17) is 14.2 Å². The molecule has 1 saturated heterocycles. The zero-order valence-corrected chi connectivity index (χ0v) is 13.0. The van der Waals surface area contributed by atoms with E-state index in [1.807, 2.05) is 25.1 Å². The van der Waals surface area contributed by atoms with E-state index in [-0.39, 0.29) is 18.1 Å². The van der Waals surface area contributed by atoms with Crippen LogP contribution in [0.5, 0.6) is 11.5 Å². The first-order chi connectivity index (χ1) is 10.7. The lowest BCUT2D eigenvalue weighted by Gasteiger charge is -2.17. The number of hydrogen-bond donors (Lipinski definition) is 1. The van der Waals surface area contributed by atoms with Gasteiger partial charge in [0.05, 0.1) is 31.8 Å².